The van der Waals surface area contributed by atoms with Gasteiger partial charge >= 0.3 is 0 Å². The van der Waals surface area contributed by atoms with E-state index in [0.29, 0.717) is 30.0 Å². The van der Waals surface area contributed by atoms with Gasteiger partial charge in [0.15, 0.2) is 11.5 Å². The molecule has 0 amide bonds. The van der Waals surface area contributed by atoms with Gasteiger partial charge in [-0.2, -0.15) is 11.8 Å². The molecule has 1 rings (SSSR count). The van der Waals surface area contributed by atoms with E-state index in [9.17, 15) is 0 Å². The van der Waals surface area contributed by atoms with E-state index in [1.54, 1.807) is 24.9 Å². The van der Waals surface area contributed by atoms with E-state index in [1.807, 2.05) is 6.07 Å². The Morgan fingerprint density at radius 1 is 1.37 bits per heavy atom. The van der Waals surface area contributed by atoms with Crippen molar-refractivity contribution in [2.45, 2.75) is 26.4 Å². The van der Waals surface area contributed by atoms with Gasteiger partial charge < -0.3 is 14.8 Å². The second kappa shape index (κ2) is 8.56. The van der Waals surface area contributed by atoms with Crippen molar-refractivity contribution in [2.24, 2.45) is 0 Å². The molecule has 0 radical (unpaired) electrons. The number of ether oxygens (including phenoxy) is 2. The zero-order chi connectivity index (χ0) is 14.3. The van der Waals surface area contributed by atoms with E-state index < -0.39 is 0 Å². The summed E-state index contributed by atoms with van der Waals surface area (Å²) in [5.74, 6) is 2.42. The molecule has 108 valence electrons. The smallest absolute Gasteiger partial charge is 0.165 e. The molecule has 0 saturated carbocycles. The van der Waals surface area contributed by atoms with Crippen LogP contribution in [0.3, 0.4) is 0 Å². The highest BCUT2D eigenvalue weighted by atomic mass is 35.5. The first-order valence-electron chi connectivity index (χ1n) is 6.30. The number of rotatable bonds is 8. The van der Waals surface area contributed by atoms with E-state index in [-0.39, 0.29) is 0 Å². The van der Waals surface area contributed by atoms with E-state index in [2.05, 4.69) is 25.4 Å². The van der Waals surface area contributed by atoms with Gasteiger partial charge in [0, 0.05) is 35.0 Å². The van der Waals surface area contributed by atoms with Crippen molar-refractivity contribution in [3.05, 3.63) is 22.7 Å². The number of hydrogen-bond acceptors (Lipinski definition) is 4. The van der Waals surface area contributed by atoms with Crippen LogP contribution in [0.5, 0.6) is 11.5 Å². The Morgan fingerprint density at radius 3 is 2.68 bits per heavy atom. The van der Waals surface area contributed by atoms with E-state index >= 15 is 0 Å². The molecular weight excluding hydrogens is 282 g/mol. The predicted molar refractivity (Wildman–Crippen MR) is 83.9 cm³/mol. The van der Waals surface area contributed by atoms with Crippen molar-refractivity contribution in [1.82, 2.24) is 5.32 Å². The molecule has 0 fully saturated rings. The maximum atomic E-state index is 6.11. The van der Waals surface area contributed by atoms with Gasteiger partial charge in [0.1, 0.15) is 0 Å². The van der Waals surface area contributed by atoms with Crippen LogP contribution in [0, 0.1) is 0 Å². The van der Waals surface area contributed by atoms with Crippen LogP contribution in [-0.4, -0.2) is 31.8 Å². The molecule has 1 aromatic carbocycles. The largest absolute Gasteiger partial charge is 0.493 e. The van der Waals surface area contributed by atoms with Gasteiger partial charge in [-0.25, -0.2) is 0 Å². The van der Waals surface area contributed by atoms with Crippen LogP contribution in [0.4, 0.5) is 0 Å². The van der Waals surface area contributed by atoms with Gasteiger partial charge in [-0.1, -0.05) is 25.4 Å². The molecule has 0 heterocycles. The van der Waals surface area contributed by atoms with Crippen LogP contribution >= 0.6 is 23.4 Å². The molecule has 1 aromatic rings. The van der Waals surface area contributed by atoms with Gasteiger partial charge in [-0.3, -0.25) is 0 Å². The fourth-order valence-electron chi connectivity index (χ4n) is 1.61. The Hall–Kier alpha value is -0.580. The normalized spacial score (nSPS) is 10.8. The lowest BCUT2D eigenvalue weighted by atomic mass is 10.1. The first-order chi connectivity index (χ1) is 9.08. The number of benzene rings is 1. The molecule has 0 spiro atoms. The average molecular weight is 304 g/mol. The summed E-state index contributed by atoms with van der Waals surface area (Å²) in [4.78, 5) is 0. The summed E-state index contributed by atoms with van der Waals surface area (Å²) in [6.07, 6.45) is 2.06. The minimum absolute atomic E-state index is 0.407. The van der Waals surface area contributed by atoms with Gasteiger partial charge in [0.2, 0.25) is 0 Å². The van der Waals surface area contributed by atoms with Crippen molar-refractivity contribution in [2.75, 3.05) is 25.7 Å². The average Bonchev–Trinajstić information content (AvgIpc) is 2.37. The quantitative estimate of drug-likeness (QED) is 0.744. The number of halogens is 1. The van der Waals surface area contributed by atoms with Crippen molar-refractivity contribution in [1.29, 1.82) is 0 Å². The topological polar surface area (TPSA) is 30.5 Å². The van der Waals surface area contributed by atoms with Crippen LogP contribution in [0.2, 0.25) is 5.02 Å². The molecule has 0 saturated heterocycles. The van der Waals surface area contributed by atoms with Crippen molar-refractivity contribution in [3.8, 4) is 11.5 Å². The molecular formula is C14H22ClNO2S. The Morgan fingerprint density at radius 2 is 2.11 bits per heavy atom. The number of thioether (sulfide) groups is 1. The Labute approximate surface area is 125 Å². The highest BCUT2D eigenvalue weighted by molar-refractivity contribution is 7.98. The lowest BCUT2D eigenvalue weighted by Crippen LogP contribution is -2.22. The molecule has 0 atom stereocenters. The van der Waals surface area contributed by atoms with Crippen LogP contribution in [0.25, 0.3) is 0 Å². The lowest BCUT2D eigenvalue weighted by molar-refractivity contribution is 0.309. The zero-order valence-electron chi connectivity index (χ0n) is 12.0. The maximum absolute atomic E-state index is 6.11. The monoisotopic (exact) mass is 303 g/mol. The second-order valence-corrected chi connectivity index (χ2v) is 5.90. The van der Waals surface area contributed by atoms with E-state index in [4.69, 9.17) is 21.1 Å². The first-order valence-corrected chi connectivity index (χ1v) is 8.07. The molecule has 0 aliphatic rings. The molecule has 0 aliphatic carbocycles. The van der Waals surface area contributed by atoms with Crippen molar-refractivity contribution >= 4 is 23.4 Å². The summed E-state index contributed by atoms with van der Waals surface area (Å²) in [7, 11) is 1.63. The lowest BCUT2D eigenvalue weighted by Gasteiger charge is -2.17. The summed E-state index contributed by atoms with van der Waals surface area (Å²) >= 11 is 7.86. The van der Waals surface area contributed by atoms with Crippen LogP contribution < -0.4 is 14.8 Å². The van der Waals surface area contributed by atoms with Gasteiger partial charge in [-0.05, 0) is 12.3 Å². The van der Waals surface area contributed by atoms with Crippen molar-refractivity contribution < 1.29 is 9.47 Å². The molecule has 0 bridgehead atoms. The third kappa shape index (κ3) is 5.51. The number of hydrogen-bond donors (Lipinski definition) is 1. The Balaban J connectivity index is 2.92. The minimum atomic E-state index is 0.407. The van der Waals surface area contributed by atoms with Gasteiger partial charge in [0.05, 0.1) is 13.7 Å². The molecule has 5 heteroatoms. The summed E-state index contributed by atoms with van der Waals surface area (Å²) in [5, 5.41) is 4.03. The highest BCUT2D eigenvalue weighted by Crippen LogP contribution is 2.34. The van der Waals surface area contributed by atoms with Crippen LogP contribution in [0.1, 0.15) is 19.4 Å². The van der Waals surface area contributed by atoms with Gasteiger partial charge in [-0.15, -0.1) is 0 Å². The second-order valence-electron chi connectivity index (χ2n) is 4.47. The van der Waals surface area contributed by atoms with Crippen molar-refractivity contribution in [3.63, 3.8) is 0 Å². The third-order valence-electron chi connectivity index (χ3n) is 2.55. The molecule has 1 N–H and O–H groups in total. The zero-order valence-corrected chi connectivity index (χ0v) is 13.5. The van der Waals surface area contributed by atoms with E-state index in [1.165, 1.54) is 0 Å². The molecule has 0 unspecified atom stereocenters. The Kier molecular flexibility index (Phi) is 7.42. The van der Waals surface area contributed by atoms with Gasteiger partial charge in [0.25, 0.3) is 0 Å². The molecule has 0 aromatic heterocycles. The number of methoxy groups -OCH3 is 1. The predicted octanol–water partition coefficient (Wildman–Crippen LogP) is 3.59. The SMILES string of the molecule is COc1cc(Cl)cc(CNC(C)C)c1OCCSC. The fourth-order valence-corrected chi connectivity index (χ4v) is 2.09. The summed E-state index contributed by atoms with van der Waals surface area (Å²) in [5.41, 5.74) is 1.03. The summed E-state index contributed by atoms with van der Waals surface area (Å²) in [6.45, 7) is 5.59. The molecule has 0 aliphatic heterocycles. The minimum Gasteiger partial charge on any atom is -0.493 e. The fraction of sp³-hybridized carbons (Fsp3) is 0.571. The molecule has 3 nitrogen and oxygen atoms in total. The first kappa shape index (κ1) is 16.5. The summed E-state index contributed by atoms with van der Waals surface area (Å²) < 4.78 is 11.2. The van der Waals surface area contributed by atoms with Crippen LogP contribution in [0.15, 0.2) is 12.1 Å². The third-order valence-corrected chi connectivity index (χ3v) is 3.34. The maximum Gasteiger partial charge on any atom is 0.165 e. The molecule has 19 heavy (non-hydrogen) atoms. The highest BCUT2D eigenvalue weighted by Gasteiger charge is 2.13. The van der Waals surface area contributed by atoms with E-state index in [0.717, 1.165) is 17.1 Å². The Bertz CT molecular complexity index is 399. The van der Waals surface area contributed by atoms with Crippen LogP contribution in [-0.2, 0) is 6.54 Å². The number of nitrogens with one attached hydrogen (secondary N) is 1. The summed E-state index contributed by atoms with van der Waals surface area (Å²) in [6, 6.07) is 4.12. The standard InChI is InChI=1S/C14H22ClNO2S/c1-10(2)16-9-11-7-12(15)8-13(17-3)14(11)18-5-6-19-4/h7-8,10,16H,5-6,9H2,1-4H3.